The molecule has 0 radical (unpaired) electrons. The van der Waals surface area contributed by atoms with Gasteiger partial charge in [0.1, 0.15) is 11.4 Å². The van der Waals surface area contributed by atoms with E-state index in [-0.39, 0.29) is 0 Å². The Hall–Kier alpha value is -4.27. The van der Waals surface area contributed by atoms with E-state index in [2.05, 4.69) is 56.5 Å². The zero-order valence-corrected chi connectivity index (χ0v) is 24.5. The molecule has 2 aliphatic heterocycles. The molecule has 5 aromatic rings. The van der Waals surface area contributed by atoms with Crippen molar-refractivity contribution < 1.29 is 14.2 Å². The van der Waals surface area contributed by atoms with Gasteiger partial charge in [0.05, 0.1) is 27.4 Å². The van der Waals surface area contributed by atoms with Crippen LogP contribution in [0.25, 0.3) is 44.7 Å². The van der Waals surface area contributed by atoms with Gasteiger partial charge in [-0.25, -0.2) is 4.98 Å². The molecule has 2 unspecified atom stereocenters. The van der Waals surface area contributed by atoms with E-state index in [9.17, 15) is 0 Å². The highest BCUT2D eigenvalue weighted by Gasteiger charge is 2.45. The molecular formula is C35H35N5O3. The van der Waals surface area contributed by atoms with E-state index in [1.807, 2.05) is 18.3 Å². The predicted octanol–water partition coefficient (Wildman–Crippen LogP) is 6.09. The molecule has 3 aliphatic rings. The molecule has 3 aromatic heterocycles. The number of ether oxygens (including phenoxy) is 3. The number of rotatable bonds is 6. The van der Waals surface area contributed by atoms with Crippen molar-refractivity contribution in [3.05, 3.63) is 78.1 Å². The Bertz CT molecular complexity index is 1790. The maximum absolute atomic E-state index is 5.75. The van der Waals surface area contributed by atoms with Gasteiger partial charge < -0.3 is 14.2 Å². The van der Waals surface area contributed by atoms with Crippen LogP contribution >= 0.6 is 0 Å². The number of H-pyrrole nitrogens is 1. The molecule has 0 spiro atoms. The SMILES string of the molecule is COc1ccnc(-c2ccc(-c3n[nH]c4ncc(-c5ccc6c(c5)CC[C@@H](N5C7COCC5C7)CC6)cc34)cc2)c1OC. The number of benzene rings is 2. The first-order valence-electron chi connectivity index (χ1n) is 15.2. The maximum Gasteiger partial charge on any atom is 0.187 e. The quantitative estimate of drug-likeness (QED) is 0.246. The van der Waals surface area contributed by atoms with E-state index < -0.39 is 0 Å². The van der Waals surface area contributed by atoms with Gasteiger partial charge in [-0.2, -0.15) is 5.10 Å². The van der Waals surface area contributed by atoms with E-state index in [1.54, 1.807) is 26.5 Å². The molecule has 3 atom stereocenters. The van der Waals surface area contributed by atoms with E-state index in [1.165, 1.54) is 36.0 Å². The van der Waals surface area contributed by atoms with Crippen LogP contribution in [0.1, 0.15) is 30.4 Å². The van der Waals surface area contributed by atoms with Crippen LogP contribution in [0.3, 0.4) is 0 Å². The summed E-state index contributed by atoms with van der Waals surface area (Å²) >= 11 is 0. The lowest BCUT2D eigenvalue weighted by Crippen LogP contribution is -2.66. The van der Waals surface area contributed by atoms with Gasteiger partial charge in [0.25, 0.3) is 0 Å². The third kappa shape index (κ3) is 4.56. The van der Waals surface area contributed by atoms with E-state index in [0.717, 1.165) is 65.2 Å². The molecular weight excluding hydrogens is 538 g/mol. The predicted molar refractivity (Wildman–Crippen MR) is 166 cm³/mol. The second-order valence-electron chi connectivity index (χ2n) is 11.9. The first-order valence-corrected chi connectivity index (χ1v) is 15.2. The smallest absolute Gasteiger partial charge is 0.187 e. The molecule has 1 N–H and O–H groups in total. The Morgan fingerprint density at radius 3 is 2.26 bits per heavy atom. The first-order chi connectivity index (χ1) is 21.2. The zero-order chi connectivity index (χ0) is 28.9. The fourth-order valence-electron chi connectivity index (χ4n) is 7.39. The highest BCUT2D eigenvalue weighted by Crippen LogP contribution is 2.39. The minimum atomic E-state index is 0.616. The van der Waals surface area contributed by atoms with Crippen molar-refractivity contribution in [3.8, 4) is 45.1 Å². The Morgan fingerprint density at radius 1 is 0.767 bits per heavy atom. The van der Waals surface area contributed by atoms with Crippen molar-refractivity contribution in [1.82, 2.24) is 25.1 Å². The van der Waals surface area contributed by atoms with Crippen molar-refractivity contribution in [2.75, 3.05) is 27.4 Å². The summed E-state index contributed by atoms with van der Waals surface area (Å²) < 4.78 is 16.8. The van der Waals surface area contributed by atoms with Crippen LogP contribution in [0.2, 0.25) is 0 Å². The molecule has 2 aromatic carbocycles. The zero-order valence-electron chi connectivity index (χ0n) is 24.5. The first kappa shape index (κ1) is 26.4. The van der Waals surface area contributed by atoms with Crippen LogP contribution in [0, 0.1) is 0 Å². The highest BCUT2D eigenvalue weighted by atomic mass is 16.5. The standard InChI is InChI=1S/C35H35N5O3/c1-41-31-13-14-36-33(34(31)42-2)23-6-4-22(5-7-23)32-30-16-26(18-37-35(30)39-38-32)25-8-3-21-9-11-27(12-10-24(21)15-25)40-28-17-29(40)20-43-19-28/h3-8,13-16,18,27-29H,9-12,17,19-20H2,1-2H3,(H,37,38,39)/t27-,28?,29?/m0/s1. The molecule has 0 saturated carbocycles. The summed E-state index contributed by atoms with van der Waals surface area (Å²) in [5, 5.41) is 8.77. The van der Waals surface area contributed by atoms with E-state index >= 15 is 0 Å². The lowest BCUT2D eigenvalue weighted by molar-refractivity contribution is -0.148. The Morgan fingerprint density at radius 2 is 1.51 bits per heavy atom. The van der Waals surface area contributed by atoms with Gasteiger partial charge in [-0.1, -0.05) is 42.5 Å². The minimum Gasteiger partial charge on any atom is -0.493 e. The summed E-state index contributed by atoms with van der Waals surface area (Å²) in [6.45, 7) is 1.82. The van der Waals surface area contributed by atoms with Crippen molar-refractivity contribution in [1.29, 1.82) is 0 Å². The van der Waals surface area contributed by atoms with Crippen molar-refractivity contribution in [3.63, 3.8) is 0 Å². The topological polar surface area (TPSA) is 85.4 Å². The number of aryl methyl sites for hydroxylation is 2. The average Bonchev–Trinajstić information content (AvgIpc) is 3.38. The molecule has 43 heavy (non-hydrogen) atoms. The van der Waals surface area contributed by atoms with Gasteiger partial charge in [0.2, 0.25) is 0 Å². The Balaban J connectivity index is 1.06. The van der Waals surface area contributed by atoms with Crippen LogP contribution in [0.4, 0.5) is 0 Å². The van der Waals surface area contributed by atoms with E-state index in [4.69, 9.17) is 19.2 Å². The fourth-order valence-corrected chi connectivity index (χ4v) is 7.39. The summed E-state index contributed by atoms with van der Waals surface area (Å²) in [4.78, 5) is 12.1. The second kappa shape index (κ2) is 10.8. The molecule has 1 aliphatic carbocycles. The number of hydrogen-bond donors (Lipinski definition) is 1. The van der Waals surface area contributed by atoms with Gasteiger partial charge in [-0.15, -0.1) is 0 Å². The van der Waals surface area contributed by atoms with Gasteiger partial charge >= 0.3 is 0 Å². The lowest BCUT2D eigenvalue weighted by Gasteiger charge is -2.56. The van der Waals surface area contributed by atoms with Gasteiger partial charge in [-0.05, 0) is 54.9 Å². The number of nitrogens with zero attached hydrogens (tertiary/aromatic N) is 4. The van der Waals surface area contributed by atoms with Crippen molar-refractivity contribution in [2.24, 2.45) is 0 Å². The minimum absolute atomic E-state index is 0.616. The van der Waals surface area contributed by atoms with E-state index in [0.29, 0.717) is 29.6 Å². The molecule has 8 heteroatoms. The number of pyridine rings is 2. The fraction of sp³-hybridized carbons (Fsp3) is 0.343. The van der Waals surface area contributed by atoms with Crippen LogP contribution < -0.4 is 9.47 Å². The average molecular weight is 574 g/mol. The van der Waals surface area contributed by atoms with Gasteiger partial charge in [-0.3, -0.25) is 15.0 Å². The Labute approximate surface area is 251 Å². The number of nitrogens with one attached hydrogen (secondary N) is 1. The van der Waals surface area contributed by atoms with Crippen LogP contribution in [-0.2, 0) is 17.6 Å². The second-order valence-corrected chi connectivity index (χ2v) is 11.9. The summed E-state index contributed by atoms with van der Waals surface area (Å²) in [5.41, 5.74) is 9.62. The van der Waals surface area contributed by atoms with Crippen LogP contribution in [0.5, 0.6) is 11.5 Å². The van der Waals surface area contributed by atoms with Crippen LogP contribution in [-0.4, -0.2) is 70.6 Å². The number of aromatic nitrogens is 4. The molecule has 8 rings (SSSR count). The van der Waals surface area contributed by atoms with Crippen LogP contribution in [0.15, 0.2) is 67.0 Å². The lowest BCUT2D eigenvalue weighted by atomic mass is 9.87. The molecule has 218 valence electrons. The molecule has 2 saturated heterocycles. The number of fused-ring (bicyclic) bond motifs is 4. The van der Waals surface area contributed by atoms with Crippen molar-refractivity contribution in [2.45, 2.75) is 50.2 Å². The van der Waals surface area contributed by atoms with Gasteiger partial charge in [0, 0.05) is 58.7 Å². The number of hydrogen-bond acceptors (Lipinski definition) is 7. The summed E-state index contributed by atoms with van der Waals surface area (Å²) in [6, 6.07) is 21.2. The normalized spacial score (nSPS) is 21.6. The molecule has 5 heterocycles. The summed E-state index contributed by atoms with van der Waals surface area (Å²) in [5.74, 6) is 1.27. The molecule has 2 bridgehead atoms. The molecule has 8 nitrogen and oxygen atoms in total. The summed E-state index contributed by atoms with van der Waals surface area (Å²) in [7, 11) is 3.26. The van der Waals surface area contributed by atoms with Crippen molar-refractivity contribution >= 4 is 11.0 Å². The third-order valence-corrected chi connectivity index (χ3v) is 9.60. The summed E-state index contributed by atoms with van der Waals surface area (Å²) in [6.07, 6.45) is 9.73. The third-order valence-electron chi connectivity index (χ3n) is 9.60. The van der Waals surface area contributed by atoms with Gasteiger partial charge in [0.15, 0.2) is 17.1 Å². The molecule has 2 fully saturated rings. The number of methoxy groups -OCH3 is 2. The largest absolute Gasteiger partial charge is 0.493 e. The number of morpholine rings is 1. The number of aromatic amines is 1. The highest BCUT2D eigenvalue weighted by molar-refractivity contribution is 5.93. The maximum atomic E-state index is 5.75. The Kier molecular flexibility index (Phi) is 6.61. The molecule has 0 amide bonds. The monoisotopic (exact) mass is 573 g/mol.